The van der Waals surface area contributed by atoms with Crippen LogP contribution in [0.25, 0.3) is 0 Å². The van der Waals surface area contributed by atoms with Crippen molar-refractivity contribution >= 4 is 34.0 Å². The monoisotopic (exact) mass is 295 g/mol. The summed E-state index contributed by atoms with van der Waals surface area (Å²) in [4.78, 5) is 12.0. The Morgan fingerprint density at radius 3 is 2.89 bits per heavy atom. The average molecular weight is 296 g/mol. The average Bonchev–Trinajstić information content (AvgIpc) is 2.75. The van der Waals surface area contributed by atoms with Crippen LogP contribution in [-0.4, -0.2) is 16.1 Å². The van der Waals surface area contributed by atoms with Gasteiger partial charge in [-0.1, -0.05) is 42.9 Å². The molecule has 0 aliphatic carbocycles. The van der Waals surface area contributed by atoms with Crippen molar-refractivity contribution in [1.82, 2.24) is 10.2 Å². The van der Waals surface area contributed by atoms with Gasteiger partial charge in [-0.2, -0.15) is 0 Å². The third kappa shape index (κ3) is 4.01. The van der Waals surface area contributed by atoms with E-state index in [4.69, 9.17) is 11.6 Å². The largest absolute Gasteiger partial charge is 0.296 e. The molecule has 19 heavy (non-hydrogen) atoms. The highest BCUT2D eigenvalue weighted by Crippen LogP contribution is 2.19. The van der Waals surface area contributed by atoms with Crippen LogP contribution < -0.4 is 5.32 Å². The molecule has 6 heteroatoms. The summed E-state index contributed by atoms with van der Waals surface area (Å²) in [7, 11) is 0. The molecule has 0 fully saturated rings. The summed E-state index contributed by atoms with van der Waals surface area (Å²) in [5.41, 5.74) is 0.508. The van der Waals surface area contributed by atoms with E-state index in [0.29, 0.717) is 21.6 Å². The predicted molar refractivity (Wildman–Crippen MR) is 77.9 cm³/mol. The zero-order valence-corrected chi connectivity index (χ0v) is 12.3. The summed E-state index contributed by atoms with van der Waals surface area (Å²) in [6.45, 7) is 4.23. The van der Waals surface area contributed by atoms with E-state index < -0.39 is 0 Å². The van der Waals surface area contributed by atoms with Gasteiger partial charge in [0.1, 0.15) is 5.01 Å². The number of aromatic nitrogens is 2. The van der Waals surface area contributed by atoms with Crippen molar-refractivity contribution in [2.75, 3.05) is 5.32 Å². The minimum Gasteiger partial charge on any atom is -0.296 e. The molecule has 0 saturated heterocycles. The minimum atomic E-state index is -0.227. The number of carbonyl (C=O) groups excluding carboxylic acids is 1. The molecule has 1 N–H and O–H groups in total. The lowest BCUT2D eigenvalue weighted by Crippen LogP contribution is -2.11. The second kappa shape index (κ2) is 6.12. The van der Waals surface area contributed by atoms with Gasteiger partial charge in [-0.3, -0.25) is 10.1 Å². The summed E-state index contributed by atoms with van der Waals surface area (Å²) >= 11 is 7.25. The number of hydrogen-bond donors (Lipinski definition) is 1. The van der Waals surface area contributed by atoms with E-state index in [1.165, 1.54) is 11.3 Å². The maximum absolute atomic E-state index is 12.0. The number of halogens is 1. The summed E-state index contributed by atoms with van der Waals surface area (Å²) in [6.07, 6.45) is 0.866. The third-order valence-electron chi connectivity index (χ3n) is 2.36. The fourth-order valence-electron chi connectivity index (χ4n) is 1.53. The van der Waals surface area contributed by atoms with Crippen molar-refractivity contribution in [2.45, 2.75) is 20.3 Å². The minimum absolute atomic E-state index is 0.227. The molecule has 0 atom stereocenters. The Kier molecular flexibility index (Phi) is 4.50. The smallest absolute Gasteiger partial charge is 0.257 e. The molecular weight excluding hydrogens is 282 g/mol. The summed E-state index contributed by atoms with van der Waals surface area (Å²) < 4.78 is 0. The Balaban J connectivity index is 2.05. The molecule has 0 saturated carbocycles. The van der Waals surface area contributed by atoms with Crippen molar-refractivity contribution in [3.63, 3.8) is 0 Å². The van der Waals surface area contributed by atoms with Gasteiger partial charge in [-0.15, -0.1) is 10.2 Å². The summed E-state index contributed by atoms with van der Waals surface area (Å²) in [5, 5.41) is 12.7. The molecule has 1 aromatic heterocycles. The zero-order valence-electron chi connectivity index (χ0n) is 10.7. The Hall–Kier alpha value is -1.46. The first-order chi connectivity index (χ1) is 9.04. The normalized spacial score (nSPS) is 10.7. The van der Waals surface area contributed by atoms with Gasteiger partial charge >= 0.3 is 0 Å². The summed E-state index contributed by atoms with van der Waals surface area (Å²) in [6, 6.07) is 6.79. The molecule has 1 heterocycles. The van der Waals surface area contributed by atoms with Gasteiger partial charge in [-0.25, -0.2) is 0 Å². The number of carbonyl (C=O) groups is 1. The topological polar surface area (TPSA) is 54.9 Å². The van der Waals surface area contributed by atoms with Gasteiger partial charge in [0.25, 0.3) is 5.91 Å². The lowest BCUT2D eigenvalue weighted by molar-refractivity contribution is 0.102. The molecule has 4 nitrogen and oxygen atoms in total. The second-order valence-electron chi connectivity index (χ2n) is 4.56. The van der Waals surface area contributed by atoms with Crippen LogP contribution >= 0.6 is 22.9 Å². The standard InChI is InChI=1S/C13H14ClN3OS/c1-8(2)6-11-16-17-13(19-11)15-12(18)9-4-3-5-10(14)7-9/h3-5,7-8H,6H2,1-2H3,(H,15,17,18). The maximum atomic E-state index is 12.0. The van der Waals surface area contributed by atoms with Crippen molar-refractivity contribution in [2.24, 2.45) is 5.92 Å². The van der Waals surface area contributed by atoms with Crippen LogP contribution in [-0.2, 0) is 6.42 Å². The van der Waals surface area contributed by atoms with Crippen LogP contribution in [0.2, 0.25) is 5.02 Å². The van der Waals surface area contributed by atoms with Crippen LogP contribution in [0.5, 0.6) is 0 Å². The molecule has 2 rings (SSSR count). The first-order valence-corrected chi connectivity index (χ1v) is 7.13. The molecule has 1 amide bonds. The lowest BCUT2D eigenvalue weighted by Gasteiger charge is -2.01. The van der Waals surface area contributed by atoms with Gasteiger partial charge in [-0.05, 0) is 24.1 Å². The number of nitrogens with zero attached hydrogens (tertiary/aromatic N) is 2. The SMILES string of the molecule is CC(C)Cc1nnc(NC(=O)c2cccc(Cl)c2)s1. The van der Waals surface area contributed by atoms with Gasteiger partial charge in [0.05, 0.1) is 0 Å². The van der Waals surface area contributed by atoms with Gasteiger partial charge < -0.3 is 0 Å². The van der Waals surface area contributed by atoms with Crippen molar-refractivity contribution in [3.8, 4) is 0 Å². The molecular formula is C13H14ClN3OS. The molecule has 100 valence electrons. The van der Waals surface area contributed by atoms with Crippen molar-refractivity contribution in [3.05, 3.63) is 39.9 Å². The van der Waals surface area contributed by atoms with E-state index in [1.807, 2.05) is 0 Å². The number of amides is 1. The lowest BCUT2D eigenvalue weighted by atomic mass is 10.1. The van der Waals surface area contributed by atoms with E-state index in [0.717, 1.165) is 11.4 Å². The molecule has 2 aromatic rings. The molecule has 0 spiro atoms. The van der Waals surface area contributed by atoms with Gasteiger partial charge in [0.15, 0.2) is 0 Å². The Morgan fingerprint density at radius 1 is 1.42 bits per heavy atom. The van der Waals surface area contributed by atoms with E-state index >= 15 is 0 Å². The van der Waals surface area contributed by atoms with E-state index in [1.54, 1.807) is 24.3 Å². The van der Waals surface area contributed by atoms with Crippen LogP contribution in [0.15, 0.2) is 24.3 Å². The van der Waals surface area contributed by atoms with Gasteiger partial charge in [0.2, 0.25) is 5.13 Å². The molecule has 0 unspecified atom stereocenters. The van der Waals surface area contributed by atoms with E-state index in [2.05, 4.69) is 29.4 Å². The first kappa shape index (κ1) is 14.0. The number of anilines is 1. The summed E-state index contributed by atoms with van der Waals surface area (Å²) in [5.74, 6) is 0.291. The molecule has 0 radical (unpaired) electrons. The number of rotatable bonds is 4. The van der Waals surface area contributed by atoms with Crippen LogP contribution in [0, 0.1) is 5.92 Å². The quantitative estimate of drug-likeness (QED) is 0.937. The third-order valence-corrected chi connectivity index (χ3v) is 3.45. The molecule has 0 aliphatic rings. The van der Waals surface area contributed by atoms with Gasteiger partial charge in [0, 0.05) is 17.0 Å². The zero-order chi connectivity index (χ0) is 13.8. The van der Waals surface area contributed by atoms with Crippen LogP contribution in [0.4, 0.5) is 5.13 Å². The highest BCUT2D eigenvalue weighted by Gasteiger charge is 2.11. The van der Waals surface area contributed by atoms with E-state index in [-0.39, 0.29) is 5.91 Å². The Bertz CT molecular complexity index is 583. The van der Waals surface area contributed by atoms with E-state index in [9.17, 15) is 4.79 Å². The highest BCUT2D eigenvalue weighted by atomic mass is 35.5. The van der Waals surface area contributed by atoms with Crippen LogP contribution in [0.1, 0.15) is 29.2 Å². The van der Waals surface area contributed by atoms with Crippen molar-refractivity contribution in [1.29, 1.82) is 0 Å². The highest BCUT2D eigenvalue weighted by molar-refractivity contribution is 7.15. The first-order valence-electron chi connectivity index (χ1n) is 5.94. The predicted octanol–water partition coefficient (Wildman–Crippen LogP) is 3.64. The number of nitrogens with one attached hydrogen (secondary N) is 1. The number of benzene rings is 1. The van der Waals surface area contributed by atoms with Crippen molar-refractivity contribution < 1.29 is 4.79 Å². The van der Waals surface area contributed by atoms with Crippen LogP contribution in [0.3, 0.4) is 0 Å². The molecule has 1 aromatic carbocycles. The second-order valence-corrected chi connectivity index (χ2v) is 6.06. The fourth-order valence-corrected chi connectivity index (χ4v) is 2.67. The Labute approximate surface area is 120 Å². The maximum Gasteiger partial charge on any atom is 0.257 e. The fraction of sp³-hybridized carbons (Fsp3) is 0.308. The Morgan fingerprint density at radius 2 is 2.21 bits per heavy atom. The number of hydrogen-bond acceptors (Lipinski definition) is 4. The molecule has 0 bridgehead atoms. The molecule has 0 aliphatic heterocycles.